The van der Waals surface area contributed by atoms with Gasteiger partial charge < -0.3 is 9.47 Å². The van der Waals surface area contributed by atoms with Crippen molar-refractivity contribution in [1.29, 1.82) is 0 Å². The highest BCUT2D eigenvalue weighted by atomic mass is 16.7. The van der Waals surface area contributed by atoms with E-state index in [1.54, 1.807) is 0 Å². The maximum absolute atomic E-state index is 6.98. The van der Waals surface area contributed by atoms with Crippen molar-refractivity contribution in [2.45, 2.75) is 111 Å². The van der Waals surface area contributed by atoms with Gasteiger partial charge in [0.25, 0.3) is 0 Å². The zero-order chi connectivity index (χ0) is 21.8. The molecule has 4 saturated carbocycles. The van der Waals surface area contributed by atoms with Crippen molar-refractivity contribution in [3.8, 4) is 0 Å². The van der Waals surface area contributed by atoms with Crippen LogP contribution in [0.5, 0.6) is 0 Å². The summed E-state index contributed by atoms with van der Waals surface area (Å²) >= 11 is 0. The van der Waals surface area contributed by atoms with Crippen LogP contribution in [0.25, 0.3) is 0 Å². The van der Waals surface area contributed by atoms with Crippen LogP contribution >= 0.6 is 0 Å². The van der Waals surface area contributed by atoms with Crippen molar-refractivity contribution in [3.05, 3.63) is 0 Å². The monoisotopic (exact) mass is 428 g/mol. The lowest BCUT2D eigenvalue weighted by atomic mass is 9.42. The van der Waals surface area contributed by atoms with E-state index in [1.807, 2.05) is 0 Å². The Balaban J connectivity index is 1.29. The number of hydrogen-bond acceptors (Lipinski definition) is 2. The first-order chi connectivity index (χ1) is 14.7. The van der Waals surface area contributed by atoms with Crippen molar-refractivity contribution in [3.63, 3.8) is 0 Å². The Bertz CT molecular complexity index is 710. The van der Waals surface area contributed by atoms with Crippen LogP contribution < -0.4 is 0 Å². The maximum atomic E-state index is 6.98. The molecule has 13 atom stereocenters. The Morgan fingerprint density at radius 2 is 1.55 bits per heavy atom. The predicted octanol–water partition coefficient (Wildman–Crippen LogP) is 7.32. The van der Waals surface area contributed by atoms with E-state index < -0.39 is 0 Å². The maximum Gasteiger partial charge on any atom is 0.171 e. The lowest BCUT2D eigenvalue weighted by molar-refractivity contribution is -0.273. The van der Waals surface area contributed by atoms with Crippen molar-refractivity contribution in [2.75, 3.05) is 6.61 Å². The number of ether oxygens (including phenoxy) is 2. The van der Waals surface area contributed by atoms with Gasteiger partial charge in [0.1, 0.15) is 0 Å². The molecule has 0 amide bonds. The van der Waals surface area contributed by atoms with E-state index in [2.05, 4.69) is 41.5 Å². The molecule has 6 rings (SSSR count). The van der Waals surface area contributed by atoms with Crippen LogP contribution in [-0.2, 0) is 9.47 Å². The molecule has 0 N–H and O–H groups in total. The van der Waals surface area contributed by atoms with E-state index in [4.69, 9.17) is 9.47 Å². The Labute approximate surface area is 191 Å². The molecule has 0 aromatic heterocycles. The second kappa shape index (κ2) is 6.97. The predicted molar refractivity (Wildman–Crippen MR) is 125 cm³/mol. The van der Waals surface area contributed by atoms with Crippen molar-refractivity contribution in [1.82, 2.24) is 0 Å². The van der Waals surface area contributed by atoms with Crippen molar-refractivity contribution in [2.24, 2.45) is 64.1 Å². The van der Waals surface area contributed by atoms with Crippen LogP contribution in [0.3, 0.4) is 0 Å². The summed E-state index contributed by atoms with van der Waals surface area (Å²) in [7, 11) is 0. The van der Waals surface area contributed by atoms with Gasteiger partial charge in [0.05, 0.1) is 12.7 Å². The molecule has 31 heavy (non-hydrogen) atoms. The summed E-state index contributed by atoms with van der Waals surface area (Å²) in [5, 5.41) is 0. The van der Waals surface area contributed by atoms with E-state index >= 15 is 0 Å². The summed E-state index contributed by atoms with van der Waals surface area (Å²) < 4.78 is 13.5. The highest BCUT2D eigenvalue weighted by Gasteiger charge is 2.70. The molecule has 6 aliphatic rings. The molecule has 2 nitrogen and oxygen atoms in total. The minimum Gasteiger partial charge on any atom is -0.349 e. The summed E-state index contributed by atoms with van der Waals surface area (Å²) in [6, 6.07) is 0. The molecule has 0 aromatic carbocycles. The molecule has 2 heteroatoms. The van der Waals surface area contributed by atoms with Crippen LogP contribution in [0.4, 0.5) is 0 Å². The molecule has 0 bridgehead atoms. The van der Waals surface area contributed by atoms with E-state index in [9.17, 15) is 0 Å². The molecule has 176 valence electrons. The third-order valence-corrected chi connectivity index (χ3v) is 12.8. The third kappa shape index (κ3) is 2.76. The van der Waals surface area contributed by atoms with Gasteiger partial charge in [-0.05, 0) is 103 Å². The van der Waals surface area contributed by atoms with Gasteiger partial charge in [-0.1, -0.05) is 48.0 Å². The van der Waals surface area contributed by atoms with Gasteiger partial charge >= 0.3 is 0 Å². The van der Waals surface area contributed by atoms with Crippen molar-refractivity contribution < 1.29 is 9.47 Å². The minimum absolute atomic E-state index is 0.268. The minimum atomic E-state index is -0.268. The summed E-state index contributed by atoms with van der Waals surface area (Å²) in [5.74, 6) is 7.19. The second-order valence-corrected chi connectivity index (χ2v) is 14.0. The summed E-state index contributed by atoms with van der Waals surface area (Å²) in [5.41, 5.74) is 1.05. The van der Waals surface area contributed by atoms with Crippen LogP contribution in [0.2, 0.25) is 0 Å². The van der Waals surface area contributed by atoms with E-state index in [1.165, 1.54) is 51.4 Å². The highest BCUT2D eigenvalue weighted by molar-refractivity contribution is 5.16. The second-order valence-electron chi connectivity index (χ2n) is 14.0. The molecule has 9 unspecified atom stereocenters. The molecular formula is C29H48O2. The standard InChI is InChI=1S/C29H48O2/c1-17-9-11-27(5)21(13-17)7-8-22-23(27)14-19(3)28(6)24(22)15-25-26(28)20(4)29(31-25)12-10-18(2)16-30-29/h17-26H,7-16H2,1-6H3/t17?,18?,19?,20-,21?,22?,23?,24?,25?,26-,27-,28-,29?/m0/s1. The Hall–Kier alpha value is -0.0800. The normalized spacial score (nSPS) is 63.3. The SMILES string of the molecule is CC1CCC2(OC1)OC1CC3C4CCC5CC(C)CC[C@]5(C)C4CC(C)[C@]3(C)[C@H]1[C@@H]2C. The molecular weight excluding hydrogens is 380 g/mol. The van der Waals surface area contributed by atoms with Crippen LogP contribution in [0, 0.1) is 64.1 Å². The lowest BCUT2D eigenvalue weighted by Gasteiger charge is -2.63. The van der Waals surface area contributed by atoms with Crippen molar-refractivity contribution >= 4 is 0 Å². The smallest absolute Gasteiger partial charge is 0.171 e. The van der Waals surface area contributed by atoms with E-state index in [0.29, 0.717) is 34.7 Å². The Kier molecular flexibility index (Phi) is 4.82. The number of rotatable bonds is 0. The largest absolute Gasteiger partial charge is 0.349 e. The zero-order valence-corrected chi connectivity index (χ0v) is 21.2. The molecule has 0 aromatic rings. The molecule has 4 aliphatic carbocycles. The molecule has 1 spiro atoms. The summed E-state index contributed by atoms with van der Waals surface area (Å²) in [6.07, 6.45) is 13.1. The van der Waals surface area contributed by atoms with Crippen LogP contribution in [0.1, 0.15) is 99.3 Å². The number of fused-ring (bicyclic) bond motifs is 7. The van der Waals surface area contributed by atoms with E-state index in [0.717, 1.165) is 48.5 Å². The van der Waals surface area contributed by atoms with Gasteiger partial charge in [-0.2, -0.15) is 0 Å². The molecule has 2 saturated heterocycles. The van der Waals surface area contributed by atoms with Gasteiger partial charge in [-0.15, -0.1) is 0 Å². The average molecular weight is 429 g/mol. The summed E-state index contributed by atoms with van der Waals surface area (Å²) in [4.78, 5) is 0. The van der Waals surface area contributed by atoms with Gasteiger partial charge in [0.15, 0.2) is 5.79 Å². The molecule has 2 heterocycles. The van der Waals surface area contributed by atoms with Crippen LogP contribution in [0.15, 0.2) is 0 Å². The zero-order valence-electron chi connectivity index (χ0n) is 21.2. The topological polar surface area (TPSA) is 18.5 Å². The fraction of sp³-hybridized carbons (Fsp3) is 1.00. The first kappa shape index (κ1) is 21.5. The fourth-order valence-electron chi connectivity index (χ4n) is 10.8. The quantitative estimate of drug-likeness (QED) is 0.402. The van der Waals surface area contributed by atoms with Gasteiger partial charge in [0.2, 0.25) is 0 Å². The molecule has 6 fully saturated rings. The van der Waals surface area contributed by atoms with Gasteiger partial charge in [0, 0.05) is 12.3 Å². The van der Waals surface area contributed by atoms with Crippen LogP contribution in [-0.4, -0.2) is 18.5 Å². The van der Waals surface area contributed by atoms with Gasteiger partial charge in [-0.3, -0.25) is 0 Å². The lowest BCUT2D eigenvalue weighted by Crippen LogP contribution is -2.57. The first-order valence-corrected chi connectivity index (χ1v) is 14.0. The Morgan fingerprint density at radius 1 is 0.774 bits per heavy atom. The first-order valence-electron chi connectivity index (χ1n) is 14.0. The molecule has 2 aliphatic heterocycles. The highest BCUT2D eigenvalue weighted by Crippen LogP contribution is 2.72. The third-order valence-electron chi connectivity index (χ3n) is 12.8. The Morgan fingerprint density at radius 3 is 2.29 bits per heavy atom. The van der Waals surface area contributed by atoms with Gasteiger partial charge in [-0.25, -0.2) is 0 Å². The fourth-order valence-corrected chi connectivity index (χ4v) is 10.8. The average Bonchev–Trinajstić information content (AvgIpc) is 3.18. The number of hydrogen-bond donors (Lipinski definition) is 0. The molecule has 0 radical (unpaired) electrons. The summed E-state index contributed by atoms with van der Waals surface area (Å²) in [6.45, 7) is 16.3. The van der Waals surface area contributed by atoms with E-state index in [-0.39, 0.29) is 5.79 Å².